The summed E-state index contributed by atoms with van der Waals surface area (Å²) in [5.74, 6) is 0.0110. The number of thiophene rings is 1. The highest BCUT2D eigenvalue weighted by Gasteiger charge is 2.34. The Hall–Kier alpha value is -3.12. The Morgan fingerprint density at radius 1 is 1.13 bits per heavy atom. The van der Waals surface area contributed by atoms with E-state index < -0.39 is 12.0 Å². The van der Waals surface area contributed by atoms with Gasteiger partial charge in [0.1, 0.15) is 21.7 Å². The van der Waals surface area contributed by atoms with Crippen molar-refractivity contribution in [1.29, 1.82) is 0 Å². The number of carbonyl (C=O) groups is 2. The van der Waals surface area contributed by atoms with Crippen LogP contribution in [0.4, 0.5) is 0 Å². The molecule has 0 unspecified atom stereocenters. The predicted molar refractivity (Wildman–Crippen MR) is 152 cm³/mol. The van der Waals surface area contributed by atoms with Crippen molar-refractivity contribution in [2.24, 2.45) is 4.99 Å². The van der Waals surface area contributed by atoms with Crippen molar-refractivity contribution < 1.29 is 14.7 Å². The van der Waals surface area contributed by atoms with E-state index >= 15 is 0 Å². The molecule has 0 aliphatic carbocycles. The third kappa shape index (κ3) is 5.76. The molecular formula is C27H32ClN7O3S. The minimum Gasteiger partial charge on any atom is -0.477 e. The van der Waals surface area contributed by atoms with Crippen molar-refractivity contribution in [3.8, 4) is 5.00 Å². The number of hydrogen-bond donors (Lipinski definition) is 2. The quantitative estimate of drug-likeness (QED) is 0.400. The summed E-state index contributed by atoms with van der Waals surface area (Å²) in [6, 6.07) is 6.67. The summed E-state index contributed by atoms with van der Waals surface area (Å²) in [6.45, 7) is 9.40. The molecule has 4 heterocycles. The maximum atomic E-state index is 13.1. The van der Waals surface area contributed by atoms with Crippen molar-refractivity contribution >= 4 is 40.5 Å². The Labute approximate surface area is 236 Å². The zero-order chi connectivity index (χ0) is 27.7. The van der Waals surface area contributed by atoms with Crippen molar-refractivity contribution in [1.82, 2.24) is 29.9 Å². The molecule has 3 aromatic rings. The molecule has 5 rings (SSSR count). The van der Waals surface area contributed by atoms with Crippen LogP contribution in [0.25, 0.3) is 5.00 Å². The Bertz CT molecular complexity index is 1410. The fourth-order valence-electron chi connectivity index (χ4n) is 5.08. The fourth-order valence-corrected chi connectivity index (χ4v) is 6.41. The van der Waals surface area contributed by atoms with Crippen LogP contribution in [-0.4, -0.2) is 93.6 Å². The van der Waals surface area contributed by atoms with Gasteiger partial charge >= 0.3 is 5.97 Å². The summed E-state index contributed by atoms with van der Waals surface area (Å²) < 4.78 is 1.84. The summed E-state index contributed by atoms with van der Waals surface area (Å²) in [5.41, 5.74) is 2.72. The van der Waals surface area contributed by atoms with Crippen LogP contribution in [-0.2, 0) is 4.79 Å². The number of carboxylic acid groups (broad SMARTS) is 1. The second-order valence-corrected chi connectivity index (χ2v) is 11.5. The van der Waals surface area contributed by atoms with Gasteiger partial charge in [0, 0.05) is 48.9 Å². The first-order valence-corrected chi connectivity index (χ1v) is 14.2. The largest absolute Gasteiger partial charge is 0.477 e. The summed E-state index contributed by atoms with van der Waals surface area (Å²) in [4.78, 5) is 35.2. The number of aromatic carboxylic acids is 1. The number of piperazine rings is 1. The molecule has 0 saturated carbocycles. The molecule has 0 bridgehead atoms. The molecule has 10 nitrogen and oxygen atoms in total. The topological polar surface area (TPSA) is 116 Å². The first-order chi connectivity index (χ1) is 18.7. The lowest BCUT2D eigenvalue weighted by Gasteiger charge is -2.32. The summed E-state index contributed by atoms with van der Waals surface area (Å²) in [6.07, 6.45) is 0.979. The van der Waals surface area contributed by atoms with E-state index in [0.717, 1.165) is 44.7 Å². The number of carbonyl (C=O) groups excluding carboxylic acids is 1. The van der Waals surface area contributed by atoms with Gasteiger partial charge in [-0.3, -0.25) is 14.4 Å². The average Bonchev–Trinajstić information content (AvgIpc) is 3.41. The molecular weight excluding hydrogens is 538 g/mol. The number of aliphatic imine (C=N–C) groups is 1. The Kier molecular flexibility index (Phi) is 8.13. The first kappa shape index (κ1) is 27.4. The number of hydrogen-bond acceptors (Lipinski definition) is 8. The van der Waals surface area contributed by atoms with E-state index in [4.69, 9.17) is 16.6 Å². The van der Waals surface area contributed by atoms with Gasteiger partial charge in [-0.2, -0.15) is 0 Å². The number of aryl methyl sites for hydroxylation is 1. The molecule has 1 amide bonds. The van der Waals surface area contributed by atoms with E-state index in [-0.39, 0.29) is 17.2 Å². The van der Waals surface area contributed by atoms with Gasteiger partial charge in [-0.15, -0.1) is 21.5 Å². The second kappa shape index (κ2) is 11.5. The van der Waals surface area contributed by atoms with Gasteiger partial charge in [-0.25, -0.2) is 4.79 Å². The normalized spacial score (nSPS) is 17.7. The Morgan fingerprint density at radius 3 is 2.54 bits per heavy atom. The van der Waals surface area contributed by atoms with Gasteiger partial charge < -0.3 is 20.2 Å². The van der Waals surface area contributed by atoms with Gasteiger partial charge in [0.05, 0.1) is 12.1 Å². The molecule has 1 fully saturated rings. The molecule has 2 aliphatic heterocycles. The zero-order valence-corrected chi connectivity index (χ0v) is 23.8. The number of likely N-dealkylation sites (N-methyl/N-ethyl adjacent to an activating group) is 1. The van der Waals surface area contributed by atoms with E-state index in [1.54, 1.807) is 19.1 Å². The lowest BCUT2D eigenvalue weighted by molar-refractivity contribution is -0.121. The summed E-state index contributed by atoms with van der Waals surface area (Å²) in [7, 11) is 2.14. The SMILES string of the molecule is Cc1c(C(=O)O)sc2c1C(c1ccc(Cl)cc1)=N[C@@H](CC(=O)NCCCN1CCN(C)CC1)c1nnc(C)n1-2. The molecule has 2 aliphatic rings. The maximum Gasteiger partial charge on any atom is 0.346 e. The number of amides is 1. The smallest absolute Gasteiger partial charge is 0.346 e. The molecule has 2 N–H and O–H groups in total. The van der Waals surface area contributed by atoms with Crippen molar-refractivity contribution in [3.05, 3.63) is 62.5 Å². The molecule has 1 atom stereocenters. The van der Waals surface area contributed by atoms with E-state index in [1.807, 2.05) is 23.6 Å². The predicted octanol–water partition coefficient (Wildman–Crippen LogP) is 3.33. The van der Waals surface area contributed by atoms with Crippen LogP contribution in [0.2, 0.25) is 5.02 Å². The molecule has 1 saturated heterocycles. The average molecular weight is 570 g/mol. The number of benzene rings is 1. The molecule has 0 spiro atoms. The zero-order valence-electron chi connectivity index (χ0n) is 22.3. The van der Waals surface area contributed by atoms with E-state index in [2.05, 4.69) is 32.4 Å². The fraction of sp³-hybridized carbons (Fsp3) is 0.444. The molecule has 1 aromatic carbocycles. The highest BCUT2D eigenvalue weighted by Crippen LogP contribution is 2.40. The number of nitrogens with one attached hydrogen (secondary N) is 1. The van der Waals surface area contributed by atoms with Gasteiger partial charge in [-0.05, 0) is 51.6 Å². The number of fused-ring (bicyclic) bond motifs is 3. The van der Waals surface area contributed by atoms with E-state index in [0.29, 0.717) is 45.1 Å². The van der Waals surface area contributed by atoms with Crippen LogP contribution in [0, 0.1) is 13.8 Å². The summed E-state index contributed by atoms with van der Waals surface area (Å²) in [5, 5.41) is 22.9. The monoisotopic (exact) mass is 569 g/mol. The molecule has 206 valence electrons. The van der Waals surface area contributed by atoms with Crippen LogP contribution in [0.5, 0.6) is 0 Å². The van der Waals surface area contributed by atoms with Crippen LogP contribution in [0.15, 0.2) is 29.3 Å². The number of carboxylic acids is 1. The maximum absolute atomic E-state index is 13.1. The van der Waals surface area contributed by atoms with Crippen LogP contribution in [0.1, 0.15) is 56.9 Å². The van der Waals surface area contributed by atoms with Gasteiger partial charge in [0.2, 0.25) is 5.91 Å². The van der Waals surface area contributed by atoms with Gasteiger partial charge in [0.25, 0.3) is 0 Å². The van der Waals surface area contributed by atoms with Crippen molar-refractivity contribution in [2.45, 2.75) is 32.7 Å². The van der Waals surface area contributed by atoms with Crippen molar-refractivity contribution in [3.63, 3.8) is 0 Å². The van der Waals surface area contributed by atoms with Crippen molar-refractivity contribution in [2.75, 3.05) is 46.3 Å². The third-order valence-corrected chi connectivity index (χ3v) is 8.78. The summed E-state index contributed by atoms with van der Waals surface area (Å²) >= 11 is 7.32. The van der Waals surface area contributed by atoms with Gasteiger partial charge in [0.15, 0.2) is 5.82 Å². The lowest BCUT2D eigenvalue weighted by atomic mass is 9.99. The molecule has 0 radical (unpaired) electrons. The number of nitrogens with zero attached hydrogens (tertiary/aromatic N) is 6. The highest BCUT2D eigenvalue weighted by molar-refractivity contribution is 7.17. The molecule has 39 heavy (non-hydrogen) atoms. The Morgan fingerprint density at radius 2 is 1.85 bits per heavy atom. The van der Waals surface area contributed by atoms with Gasteiger partial charge in [-0.1, -0.05) is 23.7 Å². The first-order valence-electron chi connectivity index (χ1n) is 13.0. The molecule has 12 heteroatoms. The number of aromatic nitrogens is 3. The number of halogens is 1. The minimum atomic E-state index is -0.999. The van der Waals surface area contributed by atoms with E-state index in [1.165, 1.54) is 11.3 Å². The highest BCUT2D eigenvalue weighted by atomic mass is 35.5. The third-order valence-electron chi connectivity index (χ3n) is 7.26. The second-order valence-electron chi connectivity index (χ2n) is 10.0. The standard InChI is InChI=1S/C27H32ClN7O3S/c1-16-22-23(18-5-7-19(28)8-6-18)30-20(15-21(36)29-9-4-10-34-13-11-33(3)12-14-34)25-32-31-17(2)35(25)26(22)39-24(16)27(37)38/h5-8,20H,4,9-15H2,1-3H3,(H,29,36)(H,37,38)/t20-/m0/s1. The van der Waals surface area contributed by atoms with E-state index in [9.17, 15) is 14.7 Å². The lowest BCUT2D eigenvalue weighted by Crippen LogP contribution is -2.45. The van der Waals surface area contributed by atoms with Crippen LogP contribution < -0.4 is 5.32 Å². The number of rotatable bonds is 8. The van der Waals surface area contributed by atoms with Crippen LogP contribution in [0.3, 0.4) is 0 Å². The minimum absolute atomic E-state index is 0.101. The van der Waals surface area contributed by atoms with Crippen LogP contribution >= 0.6 is 22.9 Å². The molecule has 2 aromatic heterocycles. The Balaban J connectivity index is 1.42.